The summed E-state index contributed by atoms with van der Waals surface area (Å²) in [6.45, 7) is 0.837. The summed E-state index contributed by atoms with van der Waals surface area (Å²) in [4.78, 5) is 12.3. The Morgan fingerprint density at radius 3 is 2.81 bits per heavy atom. The lowest BCUT2D eigenvalue weighted by atomic mass is 9.76. The van der Waals surface area contributed by atoms with Crippen LogP contribution in [-0.4, -0.2) is 19.4 Å². The summed E-state index contributed by atoms with van der Waals surface area (Å²) in [6.07, 6.45) is 6.43. The molecule has 36 heavy (non-hydrogen) atoms. The fourth-order valence-corrected chi connectivity index (χ4v) is 6.45. The molecular weight excluding hydrogens is 633 g/mol. The van der Waals surface area contributed by atoms with Gasteiger partial charge in [0, 0.05) is 31.9 Å². The molecule has 8 heteroatoms. The molecule has 2 amide bonds. The first-order chi connectivity index (χ1) is 17.5. The van der Waals surface area contributed by atoms with Gasteiger partial charge in [0.05, 0.1) is 6.04 Å². The predicted molar refractivity (Wildman–Crippen MR) is 153 cm³/mol. The van der Waals surface area contributed by atoms with Crippen LogP contribution in [-0.2, 0) is 6.42 Å². The van der Waals surface area contributed by atoms with E-state index in [0.29, 0.717) is 18.4 Å². The van der Waals surface area contributed by atoms with Crippen LogP contribution in [0.25, 0.3) is 0 Å². The number of allylic oxidation sites excluding steroid dienone is 2. The number of benzene rings is 3. The van der Waals surface area contributed by atoms with E-state index in [1.165, 1.54) is 16.7 Å². The highest BCUT2D eigenvalue weighted by atomic mass is 127. The summed E-state index contributed by atoms with van der Waals surface area (Å²) in [5.74, 6) is 2.35. The van der Waals surface area contributed by atoms with Gasteiger partial charge in [-0.05, 0) is 94.4 Å². The second-order valence-electron chi connectivity index (χ2n) is 9.27. The van der Waals surface area contributed by atoms with Gasteiger partial charge in [-0.3, -0.25) is 0 Å². The molecule has 3 atom stereocenters. The van der Waals surface area contributed by atoms with Crippen molar-refractivity contribution < 1.29 is 14.3 Å². The van der Waals surface area contributed by atoms with Crippen LogP contribution in [0.5, 0.6) is 11.5 Å². The molecule has 0 fully saturated rings. The second kappa shape index (κ2) is 9.97. The normalized spacial score (nSPS) is 20.9. The number of ether oxygens (including phenoxy) is 2. The minimum atomic E-state index is -0.187. The molecule has 3 aromatic rings. The van der Waals surface area contributed by atoms with E-state index in [1.807, 2.05) is 30.3 Å². The zero-order valence-corrected chi connectivity index (χ0v) is 23.1. The van der Waals surface area contributed by atoms with Crippen molar-refractivity contribution in [1.29, 1.82) is 0 Å². The molecule has 2 aliphatic heterocycles. The number of nitrogens with one attached hydrogen (secondary N) is 3. The van der Waals surface area contributed by atoms with E-state index >= 15 is 0 Å². The number of anilines is 2. The van der Waals surface area contributed by atoms with Gasteiger partial charge in [0.25, 0.3) is 0 Å². The summed E-state index contributed by atoms with van der Waals surface area (Å²) in [5, 5.41) is 9.67. The van der Waals surface area contributed by atoms with Crippen LogP contribution in [0.4, 0.5) is 16.2 Å². The molecule has 3 unspecified atom stereocenters. The molecule has 3 aliphatic rings. The van der Waals surface area contributed by atoms with E-state index in [4.69, 9.17) is 9.47 Å². The zero-order chi connectivity index (χ0) is 24.6. The highest BCUT2D eigenvalue weighted by molar-refractivity contribution is 14.1. The smallest absolute Gasteiger partial charge is 0.319 e. The third-order valence-corrected chi connectivity index (χ3v) is 8.39. The van der Waals surface area contributed by atoms with Gasteiger partial charge in [-0.15, -0.1) is 0 Å². The Morgan fingerprint density at radius 1 is 1.08 bits per heavy atom. The van der Waals surface area contributed by atoms with Crippen molar-refractivity contribution in [2.45, 2.75) is 24.8 Å². The molecule has 6 rings (SSSR count). The van der Waals surface area contributed by atoms with E-state index in [2.05, 4.69) is 90.9 Å². The standard InChI is InChI=1S/C28H25BrIN3O3/c29-23-14-26-25(35-15-36-26)13-22(23)27-20-6-2-5-19(20)21-11-16(7-8-24(21)33-27)9-10-31-28(34)32-18-4-1-3-17(30)12-18/h1-5,7-8,11-14,19-20,27,33H,6,9-10,15H2,(H2,31,32,34). The number of carbonyl (C=O) groups is 1. The summed E-state index contributed by atoms with van der Waals surface area (Å²) >= 11 is 6.00. The fraction of sp³-hybridized carbons (Fsp3) is 0.250. The van der Waals surface area contributed by atoms with Crippen molar-refractivity contribution in [3.05, 3.63) is 91.5 Å². The molecule has 0 bridgehead atoms. The Morgan fingerprint density at radius 2 is 1.94 bits per heavy atom. The van der Waals surface area contributed by atoms with Crippen molar-refractivity contribution >= 4 is 55.9 Å². The lowest BCUT2D eigenvalue weighted by Gasteiger charge is -2.38. The largest absolute Gasteiger partial charge is 0.454 e. The molecule has 1 aliphatic carbocycles. The van der Waals surface area contributed by atoms with Crippen molar-refractivity contribution in [1.82, 2.24) is 5.32 Å². The van der Waals surface area contributed by atoms with E-state index in [-0.39, 0.29) is 18.9 Å². The molecule has 0 radical (unpaired) electrons. The van der Waals surface area contributed by atoms with Gasteiger partial charge in [-0.2, -0.15) is 0 Å². The highest BCUT2D eigenvalue weighted by Gasteiger charge is 2.39. The van der Waals surface area contributed by atoms with Crippen LogP contribution in [0.1, 0.15) is 35.1 Å². The van der Waals surface area contributed by atoms with Crippen molar-refractivity contribution in [3.63, 3.8) is 0 Å². The summed E-state index contributed by atoms with van der Waals surface area (Å²) in [6, 6.07) is 18.5. The van der Waals surface area contributed by atoms with Crippen LogP contribution in [0.3, 0.4) is 0 Å². The van der Waals surface area contributed by atoms with Gasteiger partial charge < -0.3 is 25.4 Å². The number of urea groups is 1. The van der Waals surface area contributed by atoms with Crippen LogP contribution in [0.15, 0.2) is 71.2 Å². The van der Waals surface area contributed by atoms with Gasteiger partial charge in [-0.25, -0.2) is 4.79 Å². The molecule has 0 spiro atoms. The second-order valence-corrected chi connectivity index (χ2v) is 11.4. The molecular formula is C28H25BrIN3O3. The van der Waals surface area contributed by atoms with Crippen LogP contribution in [0, 0.1) is 9.49 Å². The molecule has 0 saturated heterocycles. The van der Waals surface area contributed by atoms with Crippen molar-refractivity contribution in [3.8, 4) is 11.5 Å². The number of rotatable bonds is 5. The van der Waals surface area contributed by atoms with Crippen LogP contribution in [0.2, 0.25) is 0 Å². The van der Waals surface area contributed by atoms with E-state index in [0.717, 1.165) is 43.8 Å². The Balaban J connectivity index is 1.15. The van der Waals surface area contributed by atoms with Crippen LogP contribution >= 0.6 is 38.5 Å². The molecule has 0 saturated carbocycles. The molecule has 2 heterocycles. The molecule has 184 valence electrons. The average Bonchev–Trinajstić information content (AvgIpc) is 3.53. The number of carbonyl (C=O) groups excluding carboxylic acids is 1. The minimum absolute atomic E-state index is 0.165. The highest BCUT2D eigenvalue weighted by Crippen LogP contribution is 2.52. The number of halogens is 2. The third kappa shape index (κ3) is 4.68. The number of hydrogen-bond donors (Lipinski definition) is 3. The number of fused-ring (bicyclic) bond motifs is 4. The summed E-state index contributed by atoms with van der Waals surface area (Å²) < 4.78 is 13.3. The quantitative estimate of drug-likeness (QED) is 0.205. The summed E-state index contributed by atoms with van der Waals surface area (Å²) in [7, 11) is 0. The van der Waals surface area contributed by atoms with Gasteiger partial charge >= 0.3 is 6.03 Å². The first-order valence-corrected chi connectivity index (χ1v) is 13.9. The van der Waals surface area contributed by atoms with E-state index in [1.54, 1.807) is 0 Å². The lowest BCUT2D eigenvalue weighted by Crippen LogP contribution is -2.31. The summed E-state index contributed by atoms with van der Waals surface area (Å²) in [5.41, 5.74) is 5.68. The molecule has 0 aromatic heterocycles. The average molecular weight is 658 g/mol. The van der Waals surface area contributed by atoms with Gasteiger partial charge in [0.15, 0.2) is 11.5 Å². The Bertz CT molecular complexity index is 1360. The van der Waals surface area contributed by atoms with Gasteiger partial charge in [0.2, 0.25) is 6.79 Å². The number of hydrogen-bond acceptors (Lipinski definition) is 4. The SMILES string of the molecule is O=C(NCCc1ccc2c(c1)C1C=CCC1C(c1cc3c(cc1Br)OCO3)N2)Nc1cccc(I)c1. The minimum Gasteiger partial charge on any atom is -0.454 e. The monoisotopic (exact) mass is 657 g/mol. The van der Waals surface area contributed by atoms with Crippen molar-refractivity contribution in [2.24, 2.45) is 5.92 Å². The third-order valence-electron chi connectivity index (χ3n) is 7.04. The Labute approximate surface area is 232 Å². The van der Waals surface area contributed by atoms with E-state index < -0.39 is 0 Å². The molecule has 6 nitrogen and oxygen atoms in total. The lowest BCUT2D eigenvalue weighted by molar-refractivity contribution is 0.174. The van der Waals surface area contributed by atoms with Crippen molar-refractivity contribution in [2.75, 3.05) is 24.0 Å². The Kier molecular flexibility index (Phi) is 6.55. The van der Waals surface area contributed by atoms with E-state index in [9.17, 15) is 4.79 Å². The predicted octanol–water partition coefficient (Wildman–Crippen LogP) is 6.97. The topological polar surface area (TPSA) is 71.6 Å². The zero-order valence-electron chi connectivity index (χ0n) is 19.4. The maximum Gasteiger partial charge on any atom is 0.319 e. The van der Waals surface area contributed by atoms with Gasteiger partial charge in [-0.1, -0.05) is 46.3 Å². The maximum absolute atomic E-state index is 12.3. The fourth-order valence-electron chi connectivity index (χ4n) is 5.34. The first kappa shape index (κ1) is 23.7. The van der Waals surface area contributed by atoms with Gasteiger partial charge in [0.1, 0.15) is 0 Å². The Hall–Kier alpha value is -2.72. The van der Waals surface area contributed by atoms with Crippen LogP contribution < -0.4 is 25.4 Å². The first-order valence-electron chi connectivity index (χ1n) is 12.0. The molecule has 3 aromatic carbocycles. The molecule has 3 N–H and O–H groups in total. The number of amides is 2. The maximum atomic E-state index is 12.3.